The van der Waals surface area contributed by atoms with Crippen LogP contribution in [0.1, 0.15) is 16.8 Å². The van der Waals surface area contributed by atoms with Crippen molar-refractivity contribution in [3.8, 4) is 11.3 Å². The lowest BCUT2D eigenvalue weighted by molar-refractivity contribution is 0.941. The Labute approximate surface area is 89.3 Å². The van der Waals surface area contributed by atoms with Crippen molar-refractivity contribution in [2.45, 2.75) is 20.4 Å². The third kappa shape index (κ3) is 1.66. The van der Waals surface area contributed by atoms with Gasteiger partial charge in [0.1, 0.15) is 0 Å². The number of aryl methyl sites for hydroxylation is 1. The van der Waals surface area contributed by atoms with Crippen molar-refractivity contribution in [3.05, 3.63) is 41.1 Å². The van der Waals surface area contributed by atoms with Gasteiger partial charge >= 0.3 is 0 Å². The van der Waals surface area contributed by atoms with Gasteiger partial charge in [0.25, 0.3) is 0 Å². The molecule has 0 saturated carbocycles. The predicted molar refractivity (Wildman–Crippen MR) is 61.4 cm³/mol. The molecule has 3 N–H and O–H groups in total. The van der Waals surface area contributed by atoms with Gasteiger partial charge in [-0.25, -0.2) is 0 Å². The highest BCUT2D eigenvalue weighted by Crippen LogP contribution is 2.25. The van der Waals surface area contributed by atoms with Gasteiger partial charge < -0.3 is 5.73 Å². The maximum atomic E-state index is 5.61. The molecule has 3 heteroatoms. The van der Waals surface area contributed by atoms with Gasteiger partial charge in [-0.3, -0.25) is 5.10 Å². The van der Waals surface area contributed by atoms with Gasteiger partial charge in [0.05, 0.1) is 11.4 Å². The minimum atomic E-state index is 0.505. The molecule has 0 aliphatic rings. The zero-order valence-corrected chi connectivity index (χ0v) is 9.04. The second-order valence-corrected chi connectivity index (χ2v) is 3.69. The van der Waals surface area contributed by atoms with Crippen LogP contribution in [0.5, 0.6) is 0 Å². The van der Waals surface area contributed by atoms with E-state index in [9.17, 15) is 0 Å². The van der Waals surface area contributed by atoms with Gasteiger partial charge in [0.15, 0.2) is 0 Å². The maximum absolute atomic E-state index is 5.61. The molecule has 1 aromatic carbocycles. The number of rotatable bonds is 2. The number of H-pyrrole nitrogens is 1. The van der Waals surface area contributed by atoms with Crippen molar-refractivity contribution >= 4 is 0 Å². The quantitative estimate of drug-likeness (QED) is 0.782. The minimum Gasteiger partial charge on any atom is -0.325 e. The van der Waals surface area contributed by atoms with Crippen LogP contribution in [0.15, 0.2) is 24.3 Å². The van der Waals surface area contributed by atoms with Gasteiger partial charge in [-0.2, -0.15) is 5.10 Å². The SMILES string of the molecule is Cc1ccccc1-c1n[nH]c(CN)c1C. The van der Waals surface area contributed by atoms with Crippen molar-refractivity contribution in [2.24, 2.45) is 5.73 Å². The maximum Gasteiger partial charge on any atom is 0.0955 e. The molecule has 0 unspecified atom stereocenters. The van der Waals surface area contributed by atoms with Gasteiger partial charge in [-0.05, 0) is 25.0 Å². The molecule has 2 aromatic rings. The average molecular weight is 201 g/mol. The highest BCUT2D eigenvalue weighted by molar-refractivity contribution is 5.67. The van der Waals surface area contributed by atoms with Gasteiger partial charge in [0.2, 0.25) is 0 Å². The molecule has 3 nitrogen and oxygen atoms in total. The largest absolute Gasteiger partial charge is 0.325 e. The Bertz CT molecular complexity index is 471. The fourth-order valence-electron chi connectivity index (χ4n) is 1.73. The summed E-state index contributed by atoms with van der Waals surface area (Å²) in [6.07, 6.45) is 0. The van der Waals surface area contributed by atoms with Crippen molar-refractivity contribution in [2.75, 3.05) is 0 Å². The van der Waals surface area contributed by atoms with E-state index in [1.54, 1.807) is 0 Å². The highest BCUT2D eigenvalue weighted by Gasteiger charge is 2.10. The van der Waals surface area contributed by atoms with E-state index in [-0.39, 0.29) is 0 Å². The Morgan fingerprint density at radius 2 is 2.00 bits per heavy atom. The summed E-state index contributed by atoms with van der Waals surface area (Å²) in [6, 6.07) is 8.23. The Balaban J connectivity index is 2.55. The number of hydrogen-bond donors (Lipinski definition) is 2. The molecule has 0 spiro atoms. The van der Waals surface area contributed by atoms with E-state index in [1.165, 1.54) is 11.1 Å². The lowest BCUT2D eigenvalue weighted by Gasteiger charge is -2.03. The fraction of sp³-hybridized carbons (Fsp3) is 0.250. The normalized spacial score (nSPS) is 10.6. The molecule has 0 radical (unpaired) electrons. The van der Waals surface area contributed by atoms with E-state index in [2.05, 4.69) is 29.3 Å². The molecule has 0 atom stereocenters. The van der Waals surface area contributed by atoms with E-state index in [0.29, 0.717) is 6.54 Å². The van der Waals surface area contributed by atoms with Crippen LogP contribution < -0.4 is 5.73 Å². The number of nitrogens with one attached hydrogen (secondary N) is 1. The number of benzene rings is 1. The third-order valence-electron chi connectivity index (χ3n) is 2.71. The average Bonchev–Trinajstić information content (AvgIpc) is 2.60. The van der Waals surface area contributed by atoms with Crippen molar-refractivity contribution in [1.82, 2.24) is 10.2 Å². The Morgan fingerprint density at radius 1 is 1.27 bits per heavy atom. The molecule has 2 rings (SSSR count). The molecule has 78 valence electrons. The number of aromatic amines is 1. The van der Waals surface area contributed by atoms with Gasteiger partial charge in [0, 0.05) is 12.1 Å². The molecule has 0 bridgehead atoms. The molecule has 0 saturated heterocycles. The van der Waals surface area contributed by atoms with E-state index >= 15 is 0 Å². The number of nitrogens with two attached hydrogens (primary N) is 1. The molecular formula is C12H15N3. The first-order chi connectivity index (χ1) is 7.24. The van der Waals surface area contributed by atoms with Crippen molar-refractivity contribution in [3.63, 3.8) is 0 Å². The molecular weight excluding hydrogens is 186 g/mol. The molecule has 0 fully saturated rings. The summed E-state index contributed by atoms with van der Waals surface area (Å²) in [4.78, 5) is 0. The molecule has 1 heterocycles. The van der Waals surface area contributed by atoms with Crippen LogP contribution in [0.4, 0.5) is 0 Å². The lowest BCUT2D eigenvalue weighted by Crippen LogP contribution is -1.98. The zero-order valence-electron chi connectivity index (χ0n) is 9.04. The second kappa shape index (κ2) is 3.87. The Kier molecular flexibility index (Phi) is 2.56. The van der Waals surface area contributed by atoms with Crippen LogP contribution in [0.3, 0.4) is 0 Å². The van der Waals surface area contributed by atoms with Gasteiger partial charge in [-0.1, -0.05) is 24.3 Å². The Morgan fingerprint density at radius 3 is 2.60 bits per heavy atom. The number of nitrogens with zero attached hydrogens (tertiary/aromatic N) is 1. The van der Waals surface area contributed by atoms with Gasteiger partial charge in [-0.15, -0.1) is 0 Å². The first kappa shape index (κ1) is 9.93. The van der Waals surface area contributed by atoms with Crippen molar-refractivity contribution in [1.29, 1.82) is 0 Å². The topological polar surface area (TPSA) is 54.7 Å². The summed E-state index contributed by atoms with van der Waals surface area (Å²) in [5, 5.41) is 7.29. The standard InChI is InChI=1S/C12H15N3/c1-8-5-3-4-6-10(8)12-9(2)11(7-13)14-15-12/h3-6H,7,13H2,1-2H3,(H,14,15). The molecule has 15 heavy (non-hydrogen) atoms. The molecule has 0 amide bonds. The fourth-order valence-corrected chi connectivity index (χ4v) is 1.73. The van der Waals surface area contributed by atoms with Crippen LogP contribution in [0.2, 0.25) is 0 Å². The van der Waals surface area contributed by atoms with Crippen LogP contribution in [-0.2, 0) is 6.54 Å². The summed E-state index contributed by atoms with van der Waals surface area (Å²) in [6.45, 7) is 4.64. The molecule has 0 aliphatic carbocycles. The zero-order chi connectivity index (χ0) is 10.8. The first-order valence-corrected chi connectivity index (χ1v) is 5.04. The lowest BCUT2D eigenvalue weighted by atomic mass is 10.0. The van der Waals surface area contributed by atoms with E-state index < -0.39 is 0 Å². The third-order valence-corrected chi connectivity index (χ3v) is 2.71. The summed E-state index contributed by atoms with van der Waals surface area (Å²) >= 11 is 0. The van der Waals surface area contributed by atoms with Crippen LogP contribution in [0.25, 0.3) is 11.3 Å². The minimum absolute atomic E-state index is 0.505. The molecule has 1 aromatic heterocycles. The summed E-state index contributed by atoms with van der Waals surface area (Å²) in [5.41, 5.74) is 11.2. The van der Waals surface area contributed by atoms with E-state index in [0.717, 1.165) is 17.0 Å². The predicted octanol–water partition coefficient (Wildman–Crippen LogP) is 2.15. The number of hydrogen-bond acceptors (Lipinski definition) is 2. The monoisotopic (exact) mass is 201 g/mol. The summed E-state index contributed by atoms with van der Waals surface area (Å²) in [5.74, 6) is 0. The van der Waals surface area contributed by atoms with Crippen LogP contribution in [0, 0.1) is 13.8 Å². The Hall–Kier alpha value is -1.61. The van der Waals surface area contributed by atoms with Crippen molar-refractivity contribution < 1.29 is 0 Å². The van der Waals surface area contributed by atoms with E-state index in [4.69, 9.17) is 5.73 Å². The number of aromatic nitrogens is 2. The summed E-state index contributed by atoms with van der Waals surface area (Å²) in [7, 11) is 0. The summed E-state index contributed by atoms with van der Waals surface area (Å²) < 4.78 is 0. The smallest absolute Gasteiger partial charge is 0.0955 e. The van der Waals surface area contributed by atoms with E-state index in [1.807, 2.05) is 19.1 Å². The highest BCUT2D eigenvalue weighted by atomic mass is 15.1. The molecule has 0 aliphatic heterocycles. The first-order valence-electron chi connectivity index (χ1n) is 5.04. The second-order valence-electron chi connectivity index (χ2n) is 3.69. The van der Waals surface area contributed by atoms with Crippen LogP contribution in [-0.4, -0.2) is 10.2 Å². The van der Waals surface area contributed by atoms with Crippen LogP contribution >= 0.6 is 0 Å².